The van der Waals surface area contributed by atoms with Gasteiger partial charge in [-0.1, -0.05) is 59.1 Å². The number of aromatic nitrogens is 4. The molecular formula is C40H42N10O6S4. The fourth-order valence-electron chi connectivity index (χ4n) is 7.42. The molecule has 2 amide bonds. The Morgan fingerprint density at radius 1 is 0.583 bits per heavy atom. The Bertz CT molecular complexity index is 2700. The number of hydrogen-bond acceptors (Lipinski definition) is 14. The smallest absolute Gasteiger partial charge is 0.249 e. The molecule has 8 N–H and O–H groups in total. The van der Waals surface area contributed by atoms with Gasteiger partial charge in [0.05, 0.1) is 22.8 Å². The highest BCUT2D eigenvalue weighted by Crippen LogP contribution is 2.36. The number of amides is 2. The number of nitrogen functional groups attached to an aromatic ring is 2. The first-order valence-corrected chi connectivity index (χ1v) is 23.2. The van der Waals surface area contributed by atoms with Crippen molar-refractivity contribution in [2.24, 2.45) is 22.1 Å². The average Bonchev–Trinajstić information content (AvgIpc) is 4.00. The Balaban J connectivity index is 0.000000181. The Labute approximate surface area is 355 Å². The van der Waals surface area contributed by atoms with Crippen LogP contribution in [0.1, 0.15) is 33.6 Å². The third-order valence-corrected chi connectivity index (χ3v) is 15.9. The molecule has 16 nitrogen and oxygen atoms in total. The summed E-state index contributed by atoms with van der Waals surface area (Å²) in [6, 6.07) is 23.1. The molecule has 8 rings (SSSR count). The number of fused-ring (bicyclic) bond motifs is 2. The number of nitrogens with two attached hydrogens (primary N) is 4. The van der Waals surface area contributed by atoms with Crippen molar-refractivity contribution in [3.05, 3.63) is 106 Å². The highest BCUT2D eigenvalue weighted by Gasteiger charge is 2.34. The minimum Gasteiger partial charge on any atom is -0.384 e. The lowest BCUT2D eigenvalue weighted by Gasteiger charge is -2.18. The van der Waals surface area contributed by atoms with Crippen LogP contribution in [0.2, 0.25) is 0 Å². The summed E-state index contributed by atoms with van der Waals surface area (Å²) in [6.45, 7) is 3.13. The van der Waals surface area contributed by atoms with E-state index in [1.807, 2.05) is 48.5 Å². The van der Waals surface area contributed by atoms with Gasteiger partial charge in [0.1, 0.15) is 11.6 Å². The lowest BCUT2D eigenvalue weighted by molar-refractivity contribution is -0.122. The Kier molecular flexibility index (Phi) is 11.6. The van der Waals surface area contributed by atoms with Gasteiger partial charge < -0.3 is 11.5 Å². The molecule has 2 atom stereocenters. The normalized spacial score (nSPS) is 15.8. The maximum Gasteiger partial charge on any atom is 0.249 e. The second kappa shape index (κ2) is 16.4. The third-order valence-electron chi connectivity index (χ3n) is 10.3. The van der Waals surface area contributed by atoms with E-state index in [0.717, 1.165) is 67.4 Å². The average molecular weight is 887 g/mol. The molecule has 2 aliphatic rings. The van der Waals surface area contributed by atoms with Crippen LogP contribution in [0.15, 0.2) is 81.2 Å². The van der Waals surface area contributed by atoms with Crippen LogP contribution >= 0.6 is 22.7 Å². The molecule has 0 aliphatic heterocycles. The fraction of sp³-hybridized carbons (Fsp3) is 0.250. The number of thiazole rings is 2. The monoisotopic (exact) mass is 886 g/mol. The largest absolute Gasteiger partial charge is 0.384 e. The molecule has 60 heavy (non-hydrogen) atoms. The highest BCUT2D eigenvalue weighted by atomic mass is 32.3. The number of benzene rings is 2. The van der Waals surface area contributed by atoms with Crippen LogP contribution in [-0.2, 0) is 55.3 Å². The summed E-state index contributed by atoms with van der Waals surface area (Å²) >= 11 is 1.82. The van der Waals surface area contributed by atoms with Gasteiger partial charge in [-0.25, -0.2) is 47.0 Å². The van der Waals surface area contributed by atoms with Gasteiger partial charge in [0.25, 0.3) is 0 Å². The van der Waals surface area contributed by atoms with E-state index in [9.17, 15) is 26.4 Å². The summed E-state index contributed by atoms with van der Waals surface area (Å²) in [5.74, 6) is 0.224. The predicted octanol–water partition coefficient (Wildman–Crippen LogP) is 4.24. The van der Waals surface area contributed by atoms with Crippen LogP contribution < -0.4 is 31.5 Å². The van der Waals surface area contributed by atoms with Crippen molar-refractivity contribution >= 4 is 76.4 Å². The maximum absolute atomic E-state index is 13.1. The SMILES string of the molecule is Cc1nc(N(C)C(=O)[C@@H]2Cc3ccc(-c4cccc(N)n4)cc3C2)sc1S(N)(=O)=O.Cc1nc(N(C)C(=O)[C@H]2Cc3ccc(-c4cccc(N)n4)cc3C2)sc1S(N)(=O)=O. The number of pyridine rings is 2. The van der Waals surface area contributed by atoms with E-state index in [2.05, 4.69) is 32.1 Å². The van der Waals surface area contributed by atoms with Crippen LogP contribution in [0.25, 0.3) is 22.5 Å². The number of carbonyl (C=O) groups is 2. The third kappa shape index (κ3) is 8.93. The van der Waals surface area contributed by atoms with Crippen molar-refractivity contribution in [1.29, 1.82) is 0 Å². The summed E-state index contributed by atoms with van der Waals surface area (Å²) in [5.41, 5.74) is 20.1. The molecular weight excluding hydrogens is 845 g/mol. The van der Waals surface area contributed by atoms with E-state index >= 15 is 0 Å². The van der Waals surface area contributed by atoms with Gasteiger partial charge in [0.15, 0.2) is 18.7 Å². The number of nitrogens with zero attached hydrogens (tertiary/aromatic N) is 6. The predicted molar refractivity (Wildman–Crippen MR) is 233 cm³/mol. The first-order valence-electron chi connectivity index (χ1n) is 18.5. The minimum atomic E-state index is -3.87. The van der Waals surface area contributed by atoms with E-state index in [1.54, 1.807) is 40.1 Å². The lowest BCUT2D eigenvalue weighted by Crippen LogP contribution is -2.33. The van der Waals surface area contributed by atoms with Crippen molar-refractivity contribution < 1.29 is 26.4 Å². The molecule has 0 unspecified atom stereocenters. The van der Waals surface area contributed by atoms with E-state index in [1.165, 1.54) is 9.80 Å². The van der Waals surface area contributed by atoms with Crippen molar-refractivity contribution in [1.82, 2.24) is 19.9 Å². The van der Waals surface area contributed by atoms with Gasteiger partial charge >= 0.3 is 0 Å². The number of carbonyl (C=O) groups excluding carboxylic acids is 2. The van der Waals surface area contributed by atoms with Gasteiger partial charge in [0, 0.05) is 37.1 Å². The van der Waals surface area contributed by atoms with Crippen LogP contribution in [0, 0.1) is 25.7 Å². The van der Waals surface area contributed by atoms with Crippen LogP contribution in [0.4, 0.5) is 21.9 Å². The summed E-state index contributed by atoms with van der Waals surface area (Å²) in [7, 11) is -4.51. The second-order valence-electron chi connectivity index (χ2n) is 14.7. The summed E-state index contributed by atoms with van der Waals surface area (Å²) < 4.78 is 46.6. The topological polar surface area (TPSA) is 265 Å². The number of sulfonamides is 2. The molecule has 4 heterocycles. The first-order chi connectivity index (χ1) is 28.3. The molecule has 0 fully saturated rings. The number of anilines is 4. The Hall–Kier alpha value is -5.64. The van der Waals surface area contributed by atoms with Crippen LogP contribution in [0.5, 0.6) is 0 Å². The van der Waals surface area contributed by atoms with Crippen LogP contribution in [-0.4, -0.2) is 62.7 Å². The molecule has 2 aromatic carbocycles. The first kappa shape index (κ1) is 42.5. The molecule has 0 saturated heterocycles. The van der Waals surface area contributed by atoms with E-state index in [-0.39, 0.29) is 32.1 Å². The fourth-order valence-corrected chi connectivity index (χ4v) is 11.2. The second-order valence-corrected chi connectivity index (χ2v) is 20.2. The van der Waals surface area contributed by atoms with Crippen molar-refractivity contribution in [2.45, 2.75) is 47.9 Å². The molecule has 0 spiro atoms. The molecule has 0 saturated carbocycles. The summed E-state index contributed by atoms with van der Waals surface area (Å²) in [4.78, 5) is 46.1. The van der Waals surface area contributed by atoms with Gasteiger partial charge in [-0.3, -0.25) is 19.4 Å². The zero-order chi connectivity index (χ0) is 43.3. The molecule has 4 aromatic heterocycles. The lowest BCUT2D eigenvalue weighted by atomic mass is 10.0. The number of primary sulfonamides is 2. The quantitative estimate of drug-likeness (QED) is 0.167. The van der Waals surface area contributed by atoms with Crippen molar-refractivity contribution in [3.63, 3.8) is 0 Å². The molecule has 0 radical (unpaired) electrons. The van der Waals surface area contributed by atoms with Crippen molar-refractivity contribution in [3.8, 4) is 22.5 Å². The molecule has 20 heteroatoms. The van der Waals surface area contributed by atoms with Gasteiger partial charge in [-0.05, 0) is 98.2 Å². The maximum atomic E-state index is 13.1. The molecule has 2 aliphatic carbocycles. The molecule has 312 valence electrons. The van der Waals surface area contributed by atoms with Crippen molar-refractivity contribution in [2.75, 3.05) is 35.4 Å². The minimum absolute atomic E-state index is 0.0221. The van der Waals surface area contributed by atoms with Crippen LogP contribution in [0.3, 0.4) is 0 Å². The molecule has 6 aromatic rings. The number of rotatable bonds is 8. The van der Waals surface area contributed by atoms with E-state index < -0.39 is 20.0 Å². The summed E-state index contributed by atoms with van der Waals surface area (Å²) in [5, 5.41) is 11.1. The zero-order valence-corrected chi connectivity index (χ0v) is 36.3. The summed E-state index contributed by atoms with van der Waals surface area (Å²) in [6.07, 6.45) is 2.44. The number of aryl methyl sites for hydroxylation is 2. The van der Waals surface area contributed by atoms with Gasteiger partial charge in [-0.15, -0.1) is 0 Å². The highest BCUT2D eigenvalue weighted by molar-refractivity contribution is 7.91. The standard InChI is InChI=1S/2C20H21N5O3S2/c2*1-11-19(30(22,27)28)29-20(23-11)25(2)18(26)15-8-12-6-7-13(9-14(12)10-15)16-4-3-5-17(21)24-16/h2*3-7,9,15H,8,10H2,1-2H3,(H2,21,24)(H2,22,27,28)/t2*15-/m10/s1. The Morgan fingerprint density at radius 3 is 1.28 bits per heavy atom. The molecule has 0 bridgehead atoms. The Morgan fingerprint density at radius 2 is 0.950 bits per heavy atom. The van der Waals surface area contributed by atoms with E-state index in [4.69, 9.17) is 21.7 Å². The van der Waals surface area contributed by atoms with E-state index in [0.29, 0.717) is 59.0 Å². The number of hydrogen-bond donors (Lipinski definition) is 4. The van der Waals surface area contributed by atoms with Gasteiger partial charge in [-0.2, -0.15) is 0 Å². The zero-order valence-electron chi connectivity index (χ0n) is 33.0. The van der Waals surface area contributed by atoms with Gasteiger partial charge in [0.2, 0.25) is 31.9 Å².